The van der Waals surface area contributed by atoms with Crippen molar-refractivity contribution in [2.45, 2.75) is 0 Å². The third-order valence-corrected chi connectivity index (χ3v) is 2.72. The molecule has 0 saturated carbocycles. The standard InChI is InChI=1S/C17H14F2N2O2/c18-13-7-1-3-9-15(13)21-17(22)20-11-5-6-12-23-16-10-4-2-8-14(16)19/h1-4,7-10H,11-12H2,(H2,20,21,22). The predicted molar refractivity (Wildman–Crippen MR) is 83.1 cm³/mol. The Kier molecular flexibility index (Phi) is 5.95. The van der Waals surface area contributed by atoms with E-state index in [1.54, 1.807) is 18.2 Å². The van der Waals surface area contributed by atoms with Gasteiger partial charge in [-0.3, -0.25) is 0 Å². The lowest BCUT2D eigenvalue weighted by Crippen LogP contribution is -2.29. The molecule has 0 aliphatic heterocycles. The topological polar surface area (TPSA) is 50.4 Å². The summed E-state index contributed by atoms with van der Waals surface area (Å²) in [5, 5.41) is 4.81. The quantitative estimate of drug-likeness (QED) is 0.851. The van der Waals surface area contributed by atoms with Gasteiger partial charge in [-0.25, -0.2) is 13.6 Å². The summed E-state index contributed by atoms with van der Waals surface area (Å²) in [6.45, 7) is 0.0540. The fourth-order valence-electron chi connectivity index (χ4n) is 1.64. The number of carbonyl (C=O) groups is 1. The van der Waals surface area contributed by atoms with E-state index >= 15 is 0 Å². The largest absolute Gasteiger partial charge is 0.478 e. The van der Waals surface area contributed by atoms with Crippen LogP contribution in [-0.2, 0) is 0 Å². The summed E-state index contributed by atoms with van der Waals surface area (Å²) >= 11 is 0. The number of amides is 2. The molecule has 0 bridgehead atoms. The van der Waals surface area contributed by atoms with Gasteiger partial charge in [-0.1, -0.05) is 36.1 Å². The zero-order valence-corrected chi connectivity index (χ0v) is 12.1. The first-order valence-corrected chi connectivity index (χ1v) is 6.79. The zero-order valence-electron chi connectivity index (χ0n) is 12.1. The molecule has 4 nitrogen and oxygen atoms in total. The van der Waals surface area contributed by atoms with Gasteiger partial charge in [0.1, 0.15) is 12.4 Å². The number of para-hydroxylation sites is 2. The van der Waals surface area contributed by atoms with Crippen molar-refractivity contribution < 1.29 is 18.3 Å². The van der Waals surface area contributed by atoms with Crippen molar-refractivity contribution in [3.63, 3.8) is 0 Å². The number of ether oxygens (including phenoxy) is 1. The maximum Gasteiger partial charge on any atom is 0.320 e. The summed E-state index contributed by atoms with van der Waals surface area (Å²) in [5.41, 5.74) is 0.0841. The van der Waals surface area contributed by atoms with Crippen molar-refractivity contribution in [1.82, 2.24) is 5.32 Å². The maximum atomic E-state index is 13.3. The Bertz CT molecular complexity index is 739. The van der Waals surface area contributed by atoms with Crippen molar-refractivity contribution in [2.75, 3.05) is 18.5 Å². The van der Waals surface area contributed by atoms with Crippen LogP contribution < -0.4 is 15.4 Å². The van der Waals surface area contributed by atoms with Crippen LogP contribution >= 0.6 is 0 Å². The summed E-state index contributed by atoms with van der Waals surface area (Å²) in [5.74, 6) is 4.41. The van der Waals surface area contributed by atoms with Crippen molar-refractivity contribution >= 4 is 11.7 Å². The van der Waals surface area contributed by atoms with E-state index in [1.807, 2.05) is 0 Å². The van der Waals surface area contributed by atoms with Gasteiger partial charge in [-0.15, -0.1) is 0 Å². The first-order chi connectivity index (χ1) is 11.2. The predicted octanol–water partition coefficient (Wildman–Crippen LogP) is 3.17. The molecule has 0 fully saturated rings. The van der Waals surface area contributed by atoms with Gasteiger partial charge in [0, 0.05) is 0 Å². The average Bonchev–Trinajstić information content (AvgIpc) is 2.54. The molecule has 2 amide bonds. The minimum atomic E-state index is -0.570. The first-order valence-electron chi connectivity index (χ1n) is 6.79. The Balaban J connectivity index is 1.70. The molecule has 2 rings (SSSR count). The molecule has 23 heavy (non-hydrogen) atoms. The fraction of sp³-hybridized carbons (Fsp3) is 0.118. The number of hydrogen-bond donors (Lipinski definition) is 2. The fourth-order valence-corrected chi connectivity index (χ4v) is 1.64. The second-order valence-electron chi connectivity index (χ2n) is 4.36. The van der Waals surface area contributed by atoms with Crippen molar-refractivity contribution in [2.24, 2.45) is 0 Å². The smallest absolute Gasteiger partial charge is 0.320 e. The van der Waals surface area contributed by atoms with E-state index in [9.17, 15) is 13.6 Å². The average molecular weight is 316 g/mol. The molecule has 0 saturated heterocycles. The number of rotatable bonds is 4. The molecule has 0 aromatic heterocycles. The number of hydrogen-bond acceptors (Lipinski definition) is 2. The lowest BCUT2D eigenvalue weighted by atomic mass is 10.3. The van der Waals surface area contributed by atoms with Gasteiger partial charge >= 0.3 is 6.03 Å². The Hall–Kier alpha value is -3.07. The summed E-state index contributed by atoms with van der Waals surface area (Å²) in [4.78, 5) is 11.5. The van der Waals surface area contributed by atoms with Crippen LogP contribution in [-0.4, -0.2) is 19.2 Å². The Morgan fingerprint density at radius 2 is 1.70 bits per heavy atom. The number of urea groups is 1. The molecule has 0 heterocycles. The van der Waals surface area contributed by atoms with Crippen LogP contribution in [0.4, 0.5) is 19.3 Å². The molecule has 0 aliphatic carbocycles. The first kappa shape index (κ1) is 16.3. The Labute approximate surface area is 132 Å². The SMILES string of the molecule is O=C(NCC#CCOc1ccccc1F)Nc1ccccc1F. The molecule has 0 atom stereocenters. The lowest BCUT2D eigenvalue weighted by Gasteiger charge is -2.05. The monoisotopic (exact) mass is 316 g/mol. The van der Waals surface area contributed by atoms with Crippen LogP contribution in [0.2, 0.25) is 0 Å². The molecule has 2 N–H and O–H groups in total. The van der Waals surface area contributed by atoms with E-state index < -0.39 is 17.7 Å². The van der Waals surface area contributed by atoms with E-state index in [-0.39, 0.29) is 24.6 Å². The van der Waals surface area contributed by atoms with E-state index in [0.717, 1.165) is 0 Å². The van der Waals surface area contributed by atoms with E-state index in [1.165, 1.54) is 30.3 Å². The van der Waals surface area contributed by atoms with Crippen LogP contribution in [0, 0.1) is 23.5 Å². The van der Waals surface area contributed by atoms with Gasteiger partial charge in [0.05, 0.1) is 12.2 Å². The van der Waals surface area contributed by atoms with Crippen LogP contribution in [0.15, 0.2) is 48.5 Å². The van der Waals surface area contributed by atoms with Crippen LogP contribution in [0.5, 0.6) is 5.75 Å². The number of carbonyl (C=O) groups excluding carboxylic acids is 1. The summed E-state index contributed by atoms with van der Waals surface area (Å²) < 4.78 is 31.7. The third-order valence-electron chi connectivity index (χ3n) is 2.72. The third kappa shape index (κ3) is 5.32. The normalized spacial score (nSPS) is 9.48. The molecular weight excluding hydrogens is 302 g/mol. The highest BCUT2D eigenvalue weighted by Crippen LogP contribution is 2.14. The second kappa shape index (κ2) is 8.39. The van der Waals surface area contributed by atoms with Gasteiger partial charge < -0.3 is 15.4 Å². The number of nitrogens with one attached hydrogen (secondary N) is 2. The van der Waals surface area contributed by atoms with Crippen LogP contribution in [0.3, 0.4) is 0 Å². The van der Waals surface area contributed by atoms with Crippen LogP contribution in [0.1, 0.15) is 0 Å². The highest BCUT2D eigenvalue weighted by atomic mass is 19.1. The van der Waals surface area contributed by atoms with Gasteiger partial charge in [-0.2, -0.15) is 0 Å². The van der Waals surface area contributed by atoms with Gasteiger partial charge in [0.25, 0.3) is 0 Å². The van der Waals surface area contributed by atoms with Crippen molar-refractivity contribution in [3.8, 4) is 17.6 Å². The zero-order chi connectivity index (χ0) is 16.5. The van der Waals surface area contributed by atoms with E-state index in [4.69, 9.17) is 4.74 Å². The van der Waals surface area contributed by atoms with E-state index in [2.05, 4.69) is 22.5 Å². The highest BCUT2D eigenvalue weighted by Gasteiger charge is 2.04. The van der Waals surface area contributed by atoms with Gasteiger partial charge in [0.15, 0.2) is 11.6 Å². The molecule has 0 unspecified atom stereocenters. The maximum absolute atomic E-state index is 13.3. The molecule has 2 aromatic carbocycles. The summed E-state index contributed by atoms with van der Waals surface area (Å²) in [7, 11) is 0. The summed E-state index contributed by atoms with van der Waals surface area (Å²) in [6, 6.07) is 11.3. The lowest BCUT2D eigenvalue weighted by molar-refractivity contribution is 0.253. The second-order valence-corrected chi connectivity index (χ2v) is 4.36. The van der Waals surface area contributed by atoms with Crippen LogP contribution in [0.25, 0.3) is 0 Å². The van der Waals surface area contributed by atoms with E-state index in [0.29, 0.717) is 0 Å². The number of benzene rings is 2. The Morgan fingerprint density at radius 1 is 1.00 bits per heavy atom. The van der Waals surface area contributed by atoms with Gasteiger partial charge in [-0.05, 0) is 24.3 Å². The molecule has 0 spiro atoms. The molecule has 2 aromatic rings. The highest BCUT2D eigenvalue weighted by molar-refractivity contribution is 5.89. The summed E-state index contributed by atoms with van der Waals surface area (Å²) in [6.07, 6.45) is 0. The molecular formula is C17H14F2N2O2. The molecule has 0 radical (unpaired) electrons. The number of anilines is 1. The molecule has 6 heteroatoms. The van der Waals surface area contributed by atoms with Crippen molar-refractivity contribution in [3.05, 3.63) is 60.2 Å². The minimum absolute atomic E-state index is 0.00243. The number of halogens is 2. The molecule has 0 aliphatic rings. The van der Waals surface area contributed by atoms with Crippen molar-refractivity contribution in [1.29, 1.82) is 0 Å². The minimum Gasteiger partial charge on any atom is -0.478 e. The molecule has 118 valence electrons. The van der Waals surface area contributed by atoms with Gasteiger partial charge in [0.2, 0.25) is 0 Å². The Morgan fingerprint density at radius 3 is 2.43 bits per heavy atom.